The standard InChI is InChI=1S/C27H24F3NO5S/c1-16(2)21-10-4-17(3)14-23(21)34-13-12-31-25(32)24(37-26(31)33)15-20-9-11-22(35-20)18-5-7-19(8-6-18)36-27(28,29)30/h4-11,14-16H,12-13H2,1-3H3/b24-15-. The molecular formula is C27H24F3NO5S. The van der Waals surface area contributed by atoms with Crippen molar-refractivity contribution in [1.82, 2.24) is 4.90 Å². The molecule has 1 aromatic heterocycles. The van der Waals surface area contributed by atoms with E-state index in [9.17, 15) is 22.8 Å². The van der Waals surface area contributed by atoms with E-state index in [2.05, 4.69) is 18.6 Å². The van der Waals surface area contributed by atoms with E-state index in [0.717, 1.165) is 33.5 Å². The van der Waals surface area contributed by atoms with Gasteiger partial charge in [0.25, 0.3) is 11.1 Å². The fourth-order valence-electron chi connectivity index (χ4n) is 3.72. The summed E-state index contributed by atoms with van der Waals surface area (Å²) < 4.78 is 52.5. The van der Waals surface area contributed by atoms with Crippen molar-refractivity contribution in [3.63, 3.8) is 0 Å². The summed E-state index contributed by atoms with van der Waals surface area (Å²) in [7, 11) is 0. The van der Waals surface area contributed by atoms with Gasteiger partial charge in [-0.15, -0.1) is 13.2 Å². The Morgan fingerprint density at radius 1 is 1.05 bits per heavy atom. The second kappa shape index (κ2) is 10.8. The number of ether oxygens (including phenoxy) is 2. The topological polar surface area (TPSA) is 69.0 Å². The molecular weight excluding hydrogens is 507 g/mol. The molecule has 37 heavy (non-hydrogen) atoms. The van der Waals surface area contributed by atoms with Crippen LogP contribution in [-0.4, -0.2) is 35.6 Å². The van der Waals surface area contributed by atoms with E-state index in [-0.39, 0.29) is 29.7 Å². The van der Waals surface area contributed by atoms with Gasteiger partial charge in [-0.1, -0.05) is 26.0 Å². The van der Waals surface area contributed by atoms with Crippen LogP contribution in [0, 0.1) is 6.92 Å². The molecule has 1 aliphatic heterocycles. The van der Waals surface area contributed by atoms with Crippen molar-refractivity contribution < 1.29 is 36.7 Å². The number of carbonyl (C=O) groups excluding carboxylic acids is 2. The molecule has 0 saturated carbocycles. The van der Waals surface area contributed by atoms with Gasteiger partial charge in [-0.25, -0.2) is 0 Å². The first kappa shape index (κ1) is 26.4. The van der Waals surface area contributed by atoms with E-state index in [1.807, 2.05) is 25.1 Å². The lowest BCUT2D eigenvalue weighted by Crippen LogP contribution is -2.32. The van der Waals surface area contributed by atoms with Crippen LogP contribution >= 0.6 is 11.8 Å². The van der Waals surface area contributed by atoms with Crippen LogP contribution in [0.4, 0.5) is 18.0 Å². The smallest absolute Gasteiger partial charge is 0.491 e. The minimum Gasteiger partial charge on any atom is -0.491 e. The number of alkyl halides is 3. The number of amides is 2. The molecule has 194 valence electrons. The third kappa shape index (κ3) is 6.56. The molecule has 1 fully saturated rings. The van der Waals surface area contributed by atoms with E-state index < -0.39 is 17.5 Å². The van der Waals surface area contributed by atoms with E-state index >= 15 is 0 Å². The van der Waals surface area contributed by atoms with Gasteiger partial charge < -0.3 is 13.9 Å². The molecule has 0 aliphatic carbocycles. The second-order valence-corrected chi connectivity index (χ2v) is 9.65. The molecule has 0 atom stereocenters. The summed E-state index contributed by atoms with van der Waals surface area (Å²) in [5.41, 5.74) is 2.63. The van der Waals surface area contributed by atoms with Gasteiger partial charge in [-0.05, 0) is 78.2 Å². The molecule has 1 aliphatic rings. The molecule has 0 bridgehead atoms. The number of aryl methyl sites for hydroxylation is 1. The van der Waals surface area contributed by atoms with Crippen molar-refractivity contribution in [3.8, 4) is 22.8 Å². The Morgan fingerprint density at radius 2 is 1.78 bits per heavy atom. The van der Waals surface area contributed by atoms with Crippen LogP contribution in [0.3, 0.4) is 0 Å². The number of halogens is 3. The van der Waals surface area contributed by atoms with Crippen LogP contribution in [-0.2, 0) is 4.79 Å². The molecule has 0 radical (unpaired) electrons. The predicted octanol–water partition coefficient (Wildman–Crippen LogP) is 7.39. The zero-order valence-corrected chi connectivity index (χ0v) is 21.1. The summed E-state index contributed by atoms with van der Waals surface area (Å²) in [6.07, 6.45) is -3.31. The Morgan fingerprint density at radius 3 is 2.46 bits per heavy atom. The third-order valence-electron chi connectivity index (χ3n) is 5.51. The Bertz CT molecular complexity index is 1330. The average Bonchev–Trinajstić information content (AvgIpc) is 3.38. The summed E-state index contributed by atoms with van der Waals surface area (Å²) in [6.45, 7) is 6.36. The first-order valence-corrected chi connectivity index (χ1v) is 12.3. The molecule has 0 spiro atoms. The average molecular weight is 532 g/mol. The van der Waals surface area contributed by atoms with Crippen LogP contribution < -0.4 is 9.47 Å². The van der Waals surface area contributed by atoms with E-state index in [1.54, 1.807) is 12.1 Å². The van der Waals surface area contributed by atoms with Crippen molar-refractivity contribution in [2.45, 2.75) is 33.1 Å². The van der Waals surface area contributed by atoms with E-state index in [0.29, 0.717) is 17.1 Å². The first-order valence-electron chi connectivity index (χ1n) is 11.4. The Kier molecular flexibility index (Phi) is 7.68. The fraction of sp³-hybridized carbons (Fsp3) is 0.259. The van der Waals surface area contributed by atoms with E-state index in [1.165, 1.54) is 30.3 Å². The number of benzene rings is 2. The van der Waals surface area contributed by atoms with Crippen molar-refractivity contribution in [2.24, 2.45) is 0 Å². The maximum atomic E-state index is 12.8. The summed E-state index contributed by atoms with van der Waals surface area (Å²) in [6, 6.07) is 14.4. The lowest BCUT2D eigenvalue weighted by atomic mass is 10.0. The van der Waals surface area contributed by atoms with Crippen molar-refractivity contribution in [2.75, 3.05) is 13.2 Å². The Balaban J connectivity index is 1.39. The largest absolute Gasteiger partial charge is 0.573 e. The summed E-state index contributed by atoms with van der Waals surface area (Å²) in [4.78, 5) is 26.6. The molecule has 4 rings (SSSR count). The first-order chi connectivity index (χ1) is 17.5. The number of rotatable bonds is 8. The van der Waals surface area contributed by atoms with Gasteiger partial charge in [-0.2, -0.15) is 0 Å². The molecule has 1 saturated heterocycles. The number of imide groups is 1. The van der Waals surface area contributed by atoms with E-state index in [4.69, 9.17) is 9.15 Å². The third-order valence-corrected chi connectivity index (χ3v) is 6.42. The lowest BCUT2D eigenvalue weighted by Gasteiger charge is -2.17. The number of carbonyl (C=O) groups is 2. The highest BCUT2D eigenvalue weighted by Gasteiger charge is 2.35. The van der Waals surface area contributed by atoms with Crippen LogP contribution in [0.15, 0.2) is 63.9 Å². The van der Waals surface area contributed by atoms with Crippen LogP contribution in [0.2, 0.25) is 0 Å². The summed E-state index contributed by atoms with van der Waals surface area (Å²) >= 11 is 0.806. The highest BCUT2D eigenvalue weighted by Crippen LogP contribution is 2.34. The molecule has 0 unspecified atom stereocenters. The molecule has 2 heterocycles. The number of thioether (sulfide) groups is 1. The number of hydrogen-bond acceptors (Lipinski definition) is 6. The van der Waals surface area contributed by atoms with Gasteiger partial charge in [0.1, 0.15) is 29.6 Å². The zero-order chi connectivity index (χ0) is 26.7. The Labute approximate surface area is 216 Å². The van der Waals surface area contributed by atoms with Gasteiger partial charge in [0.15, 0.2) is 0 Å². The molecule has 10 heteroatoms. The van der Waals surface area contributed by atoms with Crippen molar-refractivity contribution >= 4 is 29.0 Å². The molecule has 0 N–H and O–H groups in total. The Hall–Kier alpha value is -3.66. The van der Waals surface area contributed by atoms with Crippen molar-refractivity contribution in [1.29, 1.82) is 0 Å². The second-order valence-electron chi connectivity index (χ2n) is 8.65. The SMILES string of the molecule is Cc1ccc(C(C)C)c(OCCN2C(=O)S/C(=C\c3ccc(-c4ccc(OC(F)(F)F)cc4)o3)C2=O)c1. The number of nitrogens with zero attached hydrogens (tertiary/aromatic N) is 1. The highest BCUT2D eigenvalue weighted by molar-refractivity contribution is 8.18. The molecule has 6 nitrogen and oxygen atoms in total. The minimum atomic E-state index is -4.77. The fourth-order valence-corrected chi connectivity index (χ4v) is 4.56. The van der Waals surface area contributed by atoms with Gasteiger partial charge in [0.2, 0.25) is 0 Å². The maximum Gasteiger partial charge on any atom is 0.573 e. The highest BCUT2D eigenvalue weighted by atomic mass is 32.2. The number of furan rings is 1. The molecule has 3 aromatic rings. The van der Waals surface area contributed by atoms with Crippen LogP contribution in [0.5, 0.6) is 11.5 Å². The minimum absolute atomic E-state index is 0.100. The lowest BCUT2D eigenvalue weighted by molar-refractivity contribution is -0.274. The zero-order valence-electron chi connectivity index (χ0n) is 20.3. The number of hydrogen-bond donors (Lipinski definition) is 0. The van der Waals surface area contributed by atoms with Gasteiger partial charge >= 0.3 is 6.36 Å². The van der Waals surface area contributed by atoms with Gasteiger partial charge in [0.05, 0.1) is 11.4 Å². The van der Waals surface area contributed by atoms with Gasteiger partial charge in [-0.3, -0.25) is 14.5 Å². The quantitative estimate of drug-likeness (QED) is 0.282. The van der Waals surface area contributed by atoms with Crippen molar-refractivity contribution in [3.05, 3.63) is 76.4 Å². The molecule has 2 aromatic carbocycles. The normalized spacial score (nSPS) is 15.2. The molecule has 2 amide bonds. The predicted molar refractivity (Wildman–Crippen MR) is 134 cm³/mol. The monoisotopic (exact) mass is 531 g/mol. The summed E-state index contributed by atoms with van der Waals surface area (Å²) in [5, 5.41) is -0.403. The van der Waals surface area contributed by atoms with Crippen LogP contribution in [0.25, 0.3) is 17.4 Å². The summed E-state index contributed by atoms with van der Waals surface area (Å²) in [5.74, 6) is 0.922. The maximum absolute atomic E-state index is 12.8. The van der Waals surface area contributed by atoms with Crippen LogP contribution in [0.1, 0.15) is 36.7 Å². The van der Waals surface area contributed by atoms with Gasteiger partial charge in [0, 0.05) is 11.6 Å².